The van der Waals surface area contributed by atoms with Crippen molar-refractivity contribution in [2.24, 2.45) is 0 Å². The van der Waals surface area contributed by atoms with Gasteiger partial charge in [0.2, 0.25) is 0 Å². The third-order valence-electron chi connectivity index (χ3n) is 3.50. The van der Waals surface area contributed by atoms with Crippen LogP contribution in [0.3, 0.4) is 0 Å². The molecular formula is C17H18O2. The Balaban J connectivity index is 2.08. The van der Waals surface area contributed by atoms with E-state index in [1.54, 1.807) is 7.11 Å². The molecule has 0 saturated heterocycles. The van der Waals surface area contributed by atoms with Crippen LogP contribution < -0.4 is 4.74 Å². The number of benzene rings is 2. The van der Waals surface area contributed by atoms with Gasteiger partial charge in [0, 0.05) is 19.1 Å². The zero-order valence-corrected chi connectivity index (χ0v) is 11.6. The summed E-state index contributed by atoms with van der Waals surface area (Å²) >= 11 is 0. The second-order valence-corrected chi connectivity index (χ2v) is 5.24. The SMILES string of the molecule is COCc1cc(C)cc2c1Oc1ccc(C)cc1C2. The van der Waals surface area contributed by atoms with Crippen molar-refractivity contribution in [3.05, 3.63) is 58.1 Å². The zero-order valence-electron chi connectivity index (χ0n) is 11.6. The van der Waals surface area contributed by atoms with Gasteiger partial charge in [0.25, 0.3) is 0 Å². The Morgan fingerprint density at radius 3 is 2.63 bits per heavy atom. The molecule has 0 saturated carbocycles. The fourth-order valence-electron chi connectivity index (χ4n) is 2.71. The van der Waals surface area contributed by atoms with Gasteiger partial charge >= 0.3 is 0 Å². The lowest BCUT2D eigenvalue weighted by Crippen LogP contribution is -2.07. The van der Waals surface area contributed by atoms with Crippen LogP contribution in [0.25, 0.3) is 0 Å². The maximum atomic E-state index is 6.09. The van der Waals surface area contributed by atoms with Gasteiger partial charge in [0.15, 0.2) is 0 Å². The molecule has 2 heteroatoms. The van der Waals surface area contributed by atoms with Crippen molar-refractivity contribution in [2.75, 3.05) is 7.11 Å². The summed E-state index contributed by atoms with van der Waals surface area (Å²) in [5.41, 5.74) is 6.18. The molecule has 0 aromatic heterocycles. The van der Waals surface area contributed by atoms with Crippen LogP contribution in [-0.2, 0) is 17.8 Å². The van der Waals surface area contributed by atoms with E-state index < -0.39 is 0 Å². The van der Waals surface area contributed by atoms with Crippen LogP contribution in [0.15, 0.2) is 30.3 Å². The average molecular weight is 254 g/mol. The first kappa shape index (κ1) is 12.2. The molecule has 0 fully saturated rings. The molecule has 0 radical (unpaired) electrons. The van der Waals surface area contributed by atoms with Gasteiger partial charge in [-0.1, -0.05) is 35.4 Å². The normalized spacial score (nSPS) is 12.6. The van der Waals surface area contributed by atoms with Crippen molar-refractivity contribution < 1.29 is 9.47 Å². The Kier molecular flexibility index (Phi) is 3.03. The zero-order chi connectivity index (χ0) is 13.4. The summed E-state index contributed by atoms with van der Waals surface area (Å²) in [6, 6.07) is 10.7. The fraction of sp³-hybridized carbons (Fsp3) is 0.294. The molecule has 98 valence electrons. The van der Waals surface area contributed by atoms with Gasteiger partial charge in [-0.2, -0.15) is 0 Å². The highest BCUT2D eigenvalue weighted by Gasteiger charge is 2.20. The van der Waals surface area contributed by atoms with Gasteiger partial charge in [-0.25, -0.2) is 0 Å². The van der Waals surface area contributed by atoms with E-state index in [9.17, 15) is 0 Å². The standard InChI is InChI=1S/C17H18O2/c1-11-4-5-16-13(6-11)9-14-7-12(2)8-15(10-18-3)17(14)19-16/h4-8H,9-10H2,1-3H3. The van der Waals surface area contributed by atoms with Crippen LogP contribution in [0.1, 0.15) is 27.8 Å². The predicted octanol–water partition coefficient (Wildman–Crippen LogP) is 4.15. The lowest BCUT2D eigenvalue weighted by Gasteiger charge is -2.23. The maximum Gasteiger partial charge on any atom is 0.136 e. The highest BCUT2D eigenvalue weighted by atomic mass is 16.5. The summed E-state index contributed by atoms with van der Waals surface area (Å²) in [6.45, 7) is 4.82. The second-order valence-electron chi connectivity index (χ2n) is 5.24. The number of rotatable bonds is 2. The van der Waals surface area contributed by atoms with Gasteiger partial charge in [-0.15, -0.1) is 0 Å². The van der Waals surface area contributed by atoms with Gasteiger partial charge in [0.1, 0.15) is 11.5 Å². The average Bonchev–Trinajstić information content (AvgIpc) is 2.37. The summed E-state index contributed by atoms with van der Waals surface area (Å²) in [5, 5.41) is 0. The molecule has 2 aromatic rings. The lowest BCUT2D eigenvalue weighted by atomic mass is 9.95. The molecule has 0 aliphatic carbocycles. The predicted molar refractivity (Wildman–Crippen MR) is 76.0 cm³/mol. The Labute approximate surface area is 114 Å². The number of fused-ring (bicyclic) bond motifs is 2. The van der Waals surface area contributed by atoms with Crippen LogP contribution in [0.2, 0.25) is 0 Å². The Morgan fingerprint density at radius 1 is 1.05 bits per heavy atom. The molecular weight excluding hydrogens is 236 g/mol. The van der Waals surface area contributed by atoms with E-state index in [2.05, 4.69) is 44.2 Å². The van der Waals surface area contributed by atoms with E-state index >= 15 is 0 Å². The first-order chi connectivity index (χ1) is 9.17. The van der Waals surface area contributed by atoms with E-state index in [1.165, 1.54) is 22.3 Å². The largest absolute Gasteiger partial charge is 0.456 e. The molecule has 0 spiro atoms. The van der Waals surface area contributed by atoms with E-state index in [0.29, 0.717) is 6.61 Å². The molecule has 1 aliphatic rings. The second kappa shape index (κ2) is 4.71. The monoisotopic (exact) mass is 254 g/mol. The highest BCUT2D eigenvalue weighted by molar-refractivity contribution is 5.54. The molecule has 0 atom stereocenters. The molecule has 0 amide bonds. The van der Waals surface area contributed by atoms with Crippen LogP contribution in [0.4, 0.5) is 0 Å². The summed E-state index contributed by atoms with van der Waals surface area (Å²) in [7, 11) is 1.72. The van der Waals surface area contributed by atoms with E-state index in [1.807, 2.05) is 0 Å². The van der Waals surface area contributed by atoms with Crippen molar-refractivity contribution >= 4 is 0 Å². The Bertz CT molecular complexity index is 629. The Hall–Kier alpha value is -1.80. The minimum absolute atomic E-state index is 0.589. The number of hydrogen-bond donors (Lipinski definition) is 0. The molecule has 0 bridgehead atoms. The molecule has 1 heterocycles. The maximum absolute atomic E-state index is 6.09. The van der Waals surface area contributed by atoms with Gasteiger partial charge < -0.3 is 9.47 Å². The minimum Gasteiger partial charge on any atom is -0.456 e. The summed E-state index contributed by atoms with van der Waals surface area (Å²) in [6.07, 6.45) is 0.935. The molecule has 1 aliphatic heterocycles. The van der Waals surface area contributed by atoms with E-state index in [0.717, 1.165) is 23.5 Å². The molecule has 0 unspecified atom stereocenters. The summed E-state index contributed by atoms with van der Waals surface area (Å²) < 4.78 is 11.4. The molecule has 19 heavy (non-hydrogen) atoms. The third kappa shape index (κ3) is 2.24. The number of ether oxygens (including phenoxy) is 2. The van der Waals surface area contributed by atoms with Crippen molar-refractivity contribution in [1.29, 1.82) is 0 Å². The molecule has 2 nitrogen and oxygen atoms in total. The number of methoxy groups -OCH3 is 1. The first-order valence-electron chi connectivity index (χ1n) is 6.56. The number of aryl methyl sites for hydroxylation is 2. The van der Waals surface area contributed by atoms with Gasteiger partial charge in [-0.3, -0.25) is 0 Å². The molecule has 2 aromatic carbocycles. The van der Waals surface area contributed by atoms with Crippen molar-refractivity contribution in [3.8, 4) is 11.5 Å². The fourth-order valence-corrected chi connectivity index (χ4v) is 2.71. The summed E-state index contributed by atoms with van der Waals surface area (Å²) in [4.78, 5) is 0. The van der Waals surface area contributed by atoms with Crippen molar-refractivity contribution in [3.63, 3.8) is 0 Å². The van der Waals surface area contributed by atoms with Gasteiger partial charge in [0.05, 0.1) is 6.61 Å². The first-order valence-corrected chi connectivity index (χ1v) is 6.56. The highest BCUT2D eigenvalue weighted by Crippen LogP contribution is 2.39. The third-order valence-corrected chi connectivity index (χ3v) is 3.50. The van der Waals surface area contributed by atoms with Crippen LogP contribution in [0.5, 0.6) is 11.5 Å². The summed E-state index contributed by atoms with van der Waals surface area (Å²) in [5.74, 6) is 1.95. The van der Waals surface area contributed by atoms with E-state index in [-0.39, 0.29) is 0 Å². The minimum atomic E-state index is 0.589. The van der Waals surface area contributed by atoms with Crippen molar-refractivity contribution in [2.45, 2.75) is 26.9 Å². The quantitative estimate of drug-likeness (QED) is 0.684. The van der Waals surface area contributed by atoms with Crippen LogP contribution in [-0.4, -0.2) is 7.11 Å². The lowest BCUT2D eigenvalue weighted by molar-refractivity contribution is 0.182. The van der Waals surface area contributed by atoms with E-state index in [4.69, 9.17) is 9.47 Å². The topological polar surface area (TPSA) is 18.5 Å². The Morgan fingerprint density at radius 2 is 1.84 bits per heavy atom. The van der Waals surface area contributed by atoms with Crippen LogP contribution in [0, 0.1) is 13.8 Å². The van der Waals surface area contributed by atoms with Gasteiger partial charge in [-0.05, 0) is 31.0 Å². The number of hydrogen-bond acceptors (Lipinski definition) is 2. The smallest absolute Gasteiger partial charge is 0.136 e. The van der Waals surface area contributed by atoms with Crippen molar-refractivity contribution in [1.82, 2.24) is 0 Å². The van der Waals surface area contributed by atoms with Crippen LogP contribution >= 0.6 is 0 Å². The molecule has 3 rings (SSSR count). The molecule has 0 N–H and O–H groups in total.